The number of anilines is 2. The lowest BCUT2D eigenvalue weighted by Gasteiger charge is -2.24. The monoisotopic (exact) mass is 447 g/mol. The van der Waals surface area contributed by atoms with Crippen LogP contribution < -0.4 is 15.1 Å². The molecule has 0 fully saturated rings. The summed E-state index contributed by atoms with van der Waals surface area (Å²) in [5.41, 5.74) is 6.98. The summed E-state index contributed by atoms with van der Waals surface area (Å²) in [7, 11) is 0. The van der Waals surface area contributed by atoms with Gasteiger partial charge in [-0.25, -0.2) is 0 Å². The van der Waals surface area contributed by atoms with Crippen LogP contribution in [0.4, 0.5) is 11.4 Å². The van der Waals surface area contributed by atoms with E-state index in [2.05, 4.69) is 89.2 Å². The van der Waals surface area contributed by atoms with E-state index >= 15 is 0 Å². The van der Waals surface area contributed by atoms with Crippen LogP contribution in [0.2, 0.25) is 0 Å². The van der Waals surface area contributed by atoms with Crippen molar-refractivity contribution in [2.75, 3.05) is 16.9 Å². The van der Waals surface area contributed by atoms with Gasteiger partial charge in [0.1, 0.15) is 5.75 Å². The van der Waals surface area contributed by atoms with Crippen LogP contribution in [0.25, 0.3) is 0 Å². The van der Waals surface area contributed by atoms with Crippen molar-refractivity contribution in [3.63, 3.8) is 0 Å². The number of hydrogen-bond donors (Lipinski definition) is 1. The number of ether oxygens (including phenoxy) is 1. The number of hydrazone groups is 1. The van der Waals surface area contributed by atoms with Crippen molar-refractivity contribution in [1.29, 1.82) is 0 Å². The van der Waals surface area contributed by atoms with Crippen molar-refractivity contribution in [3.05, 3.63) is 126 Å². The van der Waals surface area contributed by atoms with Gasteiger partial charge in [0.05, 0.1) is 24.0 Å². The summed E-state index contributed by atoms with van der Waals surface area (Å²) in [6, 6.07) is 38.1. The Morgan fingerprint density at radius 1 is 0.824 bits per heavy atom. The van der Waals surface area contributed by atoms with Crippen molar-refractivity contribution in [3.8, 4) is 5.75 Å². The minimum absolute atomic E-state index is 0.184. The van der Waals surface area contributed by atoms with E-state index in [9.17, 15) is 0 Å². The second kappa shape index (κ2) is 10.3. The number of benzene rings is 4. The van der Waals surface area contributed by atoms with Crippen molar-refractivity contribution in [1.82, 2.24) is 0 Å². The van der Waals surface area contributed by atoms with Crippen molar-refractivity contribution in [2.45, 2.75) is 25.9 Å². The molecule has 0 spiro atoms. The molecule has 4 aromatic carbocycles. The Morgan fingerprint density at radius 2 is 1.50 bits per heavy atom. The molecule has 0 bridgehead atoms. The molecule has 1 atom stereocenters. The summed E-state index contributed by atoms with van der Waals surface area (Å²) in [5.74, 6) is 0.895. The van der Waals surface area contributed by atoms with Gasteiger partial charge < -0.3 is 10.1 Å². The molecule has 0 amide bonds. The van der Waals surface area contributed by atoms with Crippen molar-refractivity contribution in [2.24, 2.45) is 5.10 Å². The predicted octanol–water partition coefficient (Wildman–Crippen LogP) is 7.05. The third-order valence-electron chi connectivity index (χ3n) is 6.06. The third kappa shape index (κ3) is 4.96. The summed E-state index contributed by atoms with van der Waals surface area (Å²) in [4.78, 5) is 0. The van der Waals surface area contributed by atoms with Gasteiger partial charge in [-0.3, -0.25) is 5.01 Å². The van der Waals surface area contributed by atoms with Crippen LogP contribution in [0.15, 0.2) is 114 Å². The molecule has 5 rings (SSSR count). The molecule has 4 nitrogen and oxygen atoms in total. The standard InChI is InChI=1S/C30H29N3O/c1-2-34-28-19-15-26(16-20-28)31-22-23-13-17-27(18-14-23)33-30(25-11-7-4-8-12-25)21-29(32-33)24-9-5-3-6-10-24/h3-20,30-31H,2,21-22H2,1H3/t30-/m0/s1. The Bertz CT molecular complexity index is 1220. The molecule has 0 aliphatic carbocycles. The molecular formula is C30H29N3O. The topological polar surface area (TPSA) is 36.9 Å². The molecule has 1 N–H and O–H groups in total. The molecule has 4 aromatic rings. The fourth-order valence-electron chi connectivity index (χ4n) is 4.29. The zero-order chi connectivity index (χ0) is 23.2. The first-order valence-corrected chi connectivity index (χ1v) is 11.8. The average molecular weight is 448 g/mol. The van der Waals surface area contributed by atoms with E-state index in [-0.39, 0.29) is 6.04 Å². The molecule has 0 saturated heterocycles. The van der Waals surface area contributed by atoms with Crippen LogP contribution in [0, 0.1) is 0 Å². The van der Waals surface area contributed by atoms with Gasteiger partial charge in [-0.2, -0.15) is 5.10 Å². The van der Waals surface area contributed by atoms with Crippen LogP contribution in [0.5, 0.6) is 5.75 Å². The lowest BCUT2D eigenvalue weighted by molar-refractivity contribution is 0.340. The molecular weight excluding hydrogens is 418 g/mol. The molecule has 170 valence electrons. The van der Waals surface area contributed by atoms with E-state index in [1.54, 1.807) is 0 Å². The van der Waals surface area contributed by atoms with E-state index in [4.69, 9.17) is 9.84 Å². The van der Waals surface area contributed by atoms with Gasteiger partial charge in [-0.05, 0) is 60.0 Å². The summed E-state index contributed by atoms with van der Waals surface area (Å²) < 4.78 is 5.52. The van der Waals surface area contributed by atoms with Crippen LogP contribution >= 0.6 is 0 Å². The first-order valence-electron chi connectivity index (χ1n) is 11.8. The SMILES string of the molecule is CCOc1ccc(NCc2ccc(N3N=C(c4ccccc4)C[C@H]3c3ccccc3)cc2)cc1. The van der Waals surface area contributed by atoms with Crippen LogP contribution in [0.1, 0.15) is 36.1 Å². The van der Waals surface area contributed by atoms with Crippen LogP contribution in [-0.4, -0.2) is 12.3 Å². The maximum Gasteiger partial charge on any atom is 0.119 e. The Balaban J connectivity index is 1.33. The number of nitrogens with one attached hydrogen (secondary N) is 1. The second-order valence-electron chi connectivity index (χ2n) is 8.37. The quantitative estimate of drug-likeness (QED) is 0.314. The van der Waals surface area contributed by atoms with E-state index in [0.29, 0.717) is 6.61 Å². The molecule has 1 heterocycles. The van der Waals surface area contributed by atoms with Gasteiger partial charge in [-0.1, -0.05) is 72.8 Å². The molecule has 1 aliphatic heterocycles. The molecule has 0 unspecified atom stereocenters. The van der Waals surface area contributed by atoms with E-state index in [0.717, 1.165) is 35.8 Å². The number of rotatable bonds is 8. The molecule has 1 aliphatic rings. The minimum atomic E-state index is 0.184. The highest BCUT2D eigenvalue weighted by molar-refractivity contribution is 6.03. The largest absolute Gasteiger partial charge is 0.494 e. The normalized spacial score (nSPS) is 15.1. The van der Waals surface area contributed by atoms with Crippen molar-refractivity contribution < 1.29 is 4.74 Å². The second-order valence-corrected chi connectivity index (χ2v) is 8.37. The fraction of sp³-hybridized carbons (Fsp3) is 0.167. The molecule has 0 saturated carbocycles. The van der Waals surface area contributed by atoms with Gasteiger partial charge >= 0.3 is 0 Å². The maximum absolute atomic E-state index is 5.52. The maximum atomic E-state index is 5.52. The Hall–Kier alpha value is -4.05. The van der Waals surface area contributed by atoms with Gasteiger partial charge in [-0.15, -0.1) is 0 Å². The summed E-state index contributed by atoms with van der Waals surface area (Å²) in [6.07, 6.45) is 0.884. The van der Waals surface area contributed by atoms with E-state index < -0.39 is 0 Å². The summed E-state index contributed by atoms with van der Waals surface area (Å²) in [6.45, 7) is 3.43. The zero-order valence-corrected chi connectivity index (χ0v) is 19.4. The average Bonchev–Trinajstić information content (AvgIpc) is 3.35. The lowest BCUT2D eigenvalue weighted by atomic mass is 9.98. The first-order chi connectivity index (χ1) is 16.8. The van der Waals surface area contributed by atoms with Gasteiger partial charge in [0.25, 0.3) is 0 Å². The Morgan fingerprint density at radius 3 is 2.18 bits per heavy atom. The summed E-state index contributed by atoms with van der Waals surface area (Å²) in [5, 5.41) is 10.7. The smallest absolute Gasteiger partial charge is 0.119 e. The van der Waals surface area contributed by atoms with Crippen molar-refractivity contribution >= 4 is 17.1 Å². The molecule has 0 radical (unpaired) electrons. The Labute approximate surface area is 201 Å². The fourth-order valence-corrected chi connectivity index (χ4v) is 4.29. The third-order valence-corrected chi connectivity index (χ3v) is 6.06. The highest BCUT2D eigenvalue weighted by Crippen LogP contribution is 2.36. The van der Waals surface area contributed by atoms with Crippen LogP contribution in [0.3, 0.4) is 0 Å². The molecule has 34 heavy (non-hydrogen) atoms. The first kappa shape index (κ1) is 21.8. The molecule has 4 heteroatoms. The number of hydrogen-bond acceptors (Lipinski definition) is 4. The van der Waals surface area contributed by atoms with Gasteiger partial charge in [0.2, 0.25) is 0 Å². The van der Waals surface area contributed by atoms with Gasteiger partial charge in [0.15, 0.2) is 0 Å². The van der Waals surface area contributed by atoms with Crippen LogP contribution in [-0.2, 0) is 6.54 Å². The van der Waals surface area contributed by atoms with E-state index in [1.807, 2.05) is 37.3 Å². The highest BCUT2D eigenvalue weighted by Gasteiger charge is 2.29. The highest BCUT2D eigenvalue weighted by atomic mass is 16.5. The predicted molar refractivity (Wildman–Crippen MR) is 141 cm³/mol. The minimum Gasteiger partial charge on any atom is -0.494 e. The van der Waals surface area contributed by atoms with E-state index in [1.165, 1.54) is 16.7 Å². The van der Waals surface area contributed by atoms with Gasteiger partial charge in [0, 0.05) is 18.7 Å². The molecule has 0 aromatic heterocycles. The lowest BCUT2D eigenvalue weighted by Crippen LogP contribution is -2.18. The number of nitrogens with zero attached hydrogens (tertiary/aromatic N) is 2. The zero-order valence-electron chi connectivity index (χ0n) is 19.4. The Kier molecular flexibility index (Phi) is 6.57. The summed E-state index contributed by atoms with van der Waals surface area (Å²) >= 11 is 0.